The molecule has 0 saturated carbocycles. The van der Waals surface area contributed by atoms with Crippen molar-refractivity contribution in [1.29, 1.82) is 0 Å². The molecule has 102 valence electrons. The van der Waals surface area contributed by atoms with Crippen LogP contribution >= 0.6 is 0 Å². The van der Waals surface area contributed by atoms with Gasteiger partial charge in [0.25, 0.3) is 0 Å². The Kier molecular flexibility index (Phi) is 5.42. The van der Waals surface area contributed by atoms with Crippen LogP contribution in [0.4, 0.5) is 0 Å². The molecule has 1 aliphatic rings. The van der Waals surface area contributed by atoms with Crippen LogP contribution in [-0.2, 0) is 0 Å². The summed E-state index contributed by atoms with van der Waals surface area (Å²) in [5.74, 6) is 0. The lowest BCUT2D eigenvalue weighted by Crippen LogP contribution is -2.42. The Hall–Kier alpha value is -0.120. The quantitative estimate of drug-likeness (QED) is 0.769. The van der Waals surface area contributed by atoms with Gasteiger partial charge in [0.05, 0.1) is 6.10 Å². The number of nitrogens with zero attached hydrogens (tertiary/aromatic N) is 2. The predicted molar refractivity (Wildman–Crippen MR) is 73.2 cm³/mol. The van der Waals surface area contributed by atoms with Crippen LogP contribution in [0.15, 0.2) is 0 Å². The van der Waals surface area contributed by atoms with Gasteiger partial charge in [0.1, 0.15) is 0 Å². The molecule has 0 amide bonds. The van der Waals surface area contributed by atoms with E-state index < -0.39 is 0 Å². The van der Waals surface area contributed by atoms with Crippen molar-refractivity contribution in [2.45, 2.75) is 53.2 Å². The Labute approximate surface area is 107 Å². The van der Waals surface area contributed by atoms with Crippen molar-refractivity contribution in [2.24, 2.45) is 5.41 Å². The maximum atomic E-state index is 9.77. The molecule has 0 radical (unpaired) electrons. The maximum Gasteiger partial charge on any atom is 0.0575 e. The van der Waals surface area contributed by atoms with E-state index in [1.807, 2.05) is 6.92 Å². The minimum Gasteiger partial charge on any atom is -0.393 e. The van der Waals surface area contributed by atoms with Gasteiger partial charge in [0.15, 0.2) is 0 Å². The van der Waals surface area contributed by atoms with Crippen molar-refractivity contribution in [2.75, 3.05) is 32.7 Å². The summed E-state index contributed by atoms with van der Waals surface area (Å²) in [7, 11) is 0. The lowest BCUT2D eigenvalue weighted by atomic mass is 9.87. The molecule has 0 aliphatic carbocycles. The number of hydrogen-bond donors (Lipinski definition) is 1. The van der Waals surface area contributed by atoms with E-state index in [-0.39, 0.29) is 11.5 Å². The molecular formula is C14H30N2O. The van der Waals surface area contributed by atoms with E-state index in [1.165, 1.54) is 13.0 Å². The van der Waals surface area contributed by atoms with Crippen LogP contribution in [0.5, 0.6) is 0 Å². The van der Waals surface area contributed by atoms with Crippen molar-refractivity contribution in [3.8, 4) is 0 Å². The van der Waals surface area contributed by atoms with Gasteiger partial charge in [-0.25, -0.2) is 0 Å². The highest BCUT2D eigenvalue weighted by Crippen LogP contribution is 2.25. The molecule has 2 atom stereocenters. The first kappa shape index (κ1) is 14.9. The van der Waals surface area contributed by atoms with Crippen LogP contribution in [0, 0.1) is 5.41 Å². The van der Waals surface area contributed by atoms with Crippen LogP contribution in [0.2, 0.25) is 0 Å². The molecule has 1 N–H and O–H groups in total. The fourth-order valence-electron chi connectivity index (χ4n) is 2.70. The monoisotopic (exact) mass is 242 g/mol. The van der Waals surface area contributed by atoms with E-state index in [2.05, 4.69) is 37.5 Å². The summed E-state index contributed by atoms with van der Waals surface area (Å²) in [5.41, 5.74) is -0.00184. The molecule has 17 heavy (non-hydrogen) atoms. The van der Waals surface area contributed by atoms with Gasteiger partial charge in [-0.3, -0.25) is 4.90 Å². The normalized spacial score (nSPS) is 24.5. The van der Waals surface area contributed by atoms with Gasteiger partial charge in [0.2, 0.25) is 0 Å². The Morgan fingerprint density at radius 2 is 1.94 bits per heavy atom. The molecular weight excluding hydrogens is 212 g/mol. The highest BCUT2D eigenvalue weighted by atomic mass is 16.3. The maximum absolute atomic E-state index is 9.77. The van der Waals surface area contributed by atoms with Gasteiger partial charge in [-0.2, -0.15) is 0 Å². The molecule has 0 aromatic carbocycles. The number of rotatable bonds is 6. The molecule has 2 unspecified atom stereocenters. The fraction of sp³-hybridized carbons (Fsp3) is 1.00. The second kappa shape index (κ2) is 6.17. The summed E-state index contributed by atoms with van der Waals surface area (Å²) in [5, 5.41) is 9.77. The topological polar surface area (TPSA) is 26.7 Å². The van der Waals surface area contributed by atoms with Crippen molar-refractivity contribution < 1.29 is 5.11 Å². The summed E-state index contributed by atoms with van der Waals surface area (Å²) < 4.78 is 0. The summed E-state index contributed by atoms with van der Waals surface area (Å²) >= 11 is 0. The molecule has 0 bridgehead atoms. The molecule has 0 aromatic heterocycles. The number of aliphatic hydroxyl groups excluding tert-OH is 1. The predicted octanol–water partition coefficient (Wildman–Crippen LogP) is 1.81. The largest absolute Gasteiger partial charge is 0.393 e. The average Bonchev–Trinajstić information content (AvgIpc) is 2.67. The molecule has 1 aliphatic heterocycles. The smallest absolute Gasteiger partial charge is 0.0575 e. The Morgan fingerprint density at radius 1 is 1.35 bits per heavy atom. The molecule has 1 fully saturated rings. The van der Waals surface area contributed by atoms with Crippen LogP contribution < -0.4 is 0 Å². The Balaban J connectivity index is 2.45. The molecule has 3 nitrogen and oxygen atoms in total. The third-order valence-electron chi connectivity index (χ3n) is 4.34. The molecule has 1 rings (SSSR count). The Morgan fingerprint density at radius 3 is 2.41 bits per heavy atom. The number of hydrogen-bond acceptors (Lipinski definition) is 3. The number of likely N-dealkylation sites (tertiary alicyclic amines) is 1. The molecule has 0 aromatic rings. The van der Waals surface area contributed by atoms with Crippen LogP contribution in [0.3, 0.4) is 0 Å². The first-order chi connectivity index (χ1) is 7.90. The van der Waals surface area contributed by atoms with Crippen LogP contribution in [0.25, 0.3) is 0 Å². The summed E-state index contributed by atoms with van der Waals surface area (Å²) in [6.45, 7) is 16.3. The zero-order chi connectivity index (χ0) is 13.1. The second-order valence-electron chi connectivity index (χ2n) is 6.06. The highest BCUT2D eigenvalue weighted by molar-refractivity contribution is 4.87. The summed E-state index contributed by atoms with van der Waals surface area (Å²) in [6.07, 6.45) is 1.03. The summed E-state index contributed by atoms with van der Waals surface area (Å²) in [6, 6.07) is 0.717. The standard InChI is InChI=1S/C14H30N2O/c1-6-16(7-2)13-8-9-15(10-13)11-14(4,5)12(3)17/h12-13,17H,6-11H2,1-5H3. The summed E-state index contributed by atoms with van der Waals surface area (Å²) in [4.78, 5) is 5.06. The van der Waals surface area contributed by atoms with Crippen molar-refractivity contribution >= 4 is 0 Å². The number of aliphatic hydroxyl groups is 1. The van der Waals surface area contributed by atoms with E-state index in [9.17, 15) is 5.11 Å². The van der Waals surface area contributed by atoms with E-state index in [0.717, 1.165) is 32.2 Å². The lowest BCUT2D eigenvalue weighted by Gasteiger charge is -2.33. The molecule has 0 spiro atoms. The SMILES string of the molecule is CCN(CC)C1CCN(CC(C)(C)C(C)O)C1. The minimum absolute atomic E-state index is 0.00184. The fourth-order valence-corrected chi connectivity index (χ4v) is 2.70. The molecule has 3 heteroatoms. The van der Waals surface area contributed by atoms with E-state index in [1.54, 1.807) is 0 Å². The highest BCUT2D eigenvalue weighted by Gasteiger charge is 2.32. The zero-order valence-electron chi connectivity index (χ0n) is 12.2. The molecule has 1 heterocycles. The van der Waals surface area contributed by atoms with Gasteiger partial charge in [-0.1, -0.05) is 27.7 Å². The third kappa shape index (κ3) is 3.94. The van der Waals surface area contributed by atoms with Gasteiger partial charge >= 0.3 is 0 Å². The molecule has 1 saturated heterocycles. The van der Waals surface area contributed by atoms with Crippen LogP contribution in [-0.4, -0.2) is 59.8 Å². The zero-order valence-corrected chi connectivity index (χ0v) is 12.2. The minimum atomic E-state index is -0.241. The lowest BCUT2D eigenvalue weighted by molar-refractivity contribution is 0.0385. The van der Waals surface area contributed by atoms with Crippen LogP contribution in [0.1, 0.15) is 41.0 Å². The van der Waals surface area contributed by atoms with Gasteiger partial charge < -0.3 is 10.0 Å². The Bertz CT molecular complexity index is 224. The van der Waals surface area contributed by atoms with Gasteiger partial charge in [-0.15, -0.1) is 0 Å². The average molecular weight is 242 g/mol. The van der Waals surface area contributed by atoms with E-state index in [0.29, 0.717) is 0 Å². The number of likely N-dealkylation sites (N-methyl/N-ethyl adjacent to an activating group) is 1. The third-order valence-corrected chi connectivity index (χ3v) is 4.34. The first-order valence-electron chi connectivity index (χ1n) is 7.05. The first-order valence-corrected chi connectivity index (χ1v) is 7.05. The second-order valence-corrected chi connectivity index (χ2v) is 6.06. The van der Waals surface area contributed by atoms with Gasteiger partial charge in [-0.05, 0) is 33.0 Å². The van der Waals surface area contributed by atoms with E-state index >= 15 is 0 Å². The van der Waals surface area contributed by atoms with E-state index in [4.69, 9.17) is 0 Å². The van der Waals surface area contributed by atoms with Crippen molar-refractivity contribution in [3.63, 3.8) is 0 Å². The van der Waals surface area contributed by atoms with Crippen molar-refractivity contribution in [3.05, 3.63) is 0 Å². The van der Waals surface area contributed by atoms with Crippen molar-refractivity contribution in [1.82, 2.24) is 9.80 Å². The van der Waals surface area contributed by atoms with Gasteiger partial charge in [0, 0.05) is 24.5 Å².